The molecule has 3 nitrogen and oxygen atoms in total. The van der Waals surface area contributed by atoms with Gasteiger partial charge in [0.2, 0.25) is 0 Å². The molecule has 3 aromatic rings. The minimum atomic E-state index is -0.250. The number of benzene rings is 2. The van der Waals surface area contributed by atoms with Gasteiger partial charge in [0.05, 0.1) is 22.6 Å². The van der Waals surface area contributed by atoms with Crippen LogP contribution < -0.4 is 4.74 Å². The molecule has 0 radical (unpaired) electrons. The van der Waals surface area contributed by atoms with Crippen molar-refractivity contribution in [2.24, 2.45) is 0 Å². The lowest BCUT2D eigenvalue weighted by atomic mass is 10.2. The fourth-order valence-corrected chi connectivity index (χ4v) is 3.20. The third-order valence-electron chi connectivity index (χ3n) is 3.03. The molecule has 1 heterocycles. The van der Waals surface area contributed by atoms with Crippen molar-refractivity contribution in [3.63, 3.8) is 0 Å². The van der Waals surface area contributed by atoms with E-state index in [-0.39, 0.29) is 5.82 Å². The molecule has 108 valence electrons. The summed E-state index contributed by atoms with van der Waals surface area (Å²) in [4.78, 5) is 7.76. The largest absolute Gasteiger partial charge is 0.497 e. The summed E-state index contributed by atoms with van der Waals surface area (Å²) in [6.45, 7) is 0. The summed E-state index contributed by atoms with van der Waals surface area (Å²) in [6, 6.07) is 10.7. The van der Waals surface area contributed by atoms with Gasteiger partial charge in [-0.05, 0) is 45.8 Å². The van der Waals surface area contributed by atoms with Crippen molar-refractivity contribution in [2.45, 2.75) is 10.9 Å². The minimum absolute atomic E-state index is 0.250. The van der Waals surface area contributed by atoms with E-state index >= 15 is 0 Å². The van der Waals surface area contributed by atoms with Crippen molar-refractivity contribution in [3.05, 3.63) is 52.3 Å². The number of H-pyrrole nitrogens is 1. The van der Waals surface area contributed by atoms with E-state index in [0.29, 0.717) is 4.47 Å². The van der Waals surface area contributed by atoms with Crippen molar-refractivity contribution in [2.75, 3.05) is 7.11 Å². The second-order valence-electron chi connectivity index (χ2n) is 4.46. The Labute approximate surface area is 134 Å². The van der Waals surface area contributed by atoms with Gasteiger partial charge in [-0.3, -0.25) is 0 Å². The molecule has 2 aromatic carbocycles. The molecule has 0 aliphatic rings. The molecule has 0 fully saturated rings. The highest BCUT2D eigenvalue weighted by molar-refractivity contribution is 9.10. The van der Waals surface area contributed by atoms with Crippen LogP contribution in [-0.4, -0.2) is 17.1 Å². The Morgan fingerprint density at radius 1 is 1.29 bits per heavy atom. The zero-order valence-corrected chi connectivity index (χ0v) is 13.6. The number of thioether (sulfide) groups is 1. The first-order valence-electron chi connectivity index (χ1n) is 6.26. The molecule has 0 aliphatic heterocycles. The molecule has 0 saturated heterocycles. The molecule has 1 N–H and O–H groups in total. The quantitative estimate of drug-likeness (QED) is 0.676. The first-order valence-corrected chi connectivity index (χ1v) is 8.04. The summed E-state index contributed by atoms with van der Waals surface area (Å²) in [7, 11) is 1.64. The summed E-state index contributed by atoms with van der Waals surface area (Å²) in [6.07, 6.45) is 0. The third kappa shape index (κ3) is 3.22. The molecule has 21 heavy (non-hydrogen) atoms. The topological polar surface area (TPSA) is 37.9 Å². The van der Waals surface area contributed by atoms with Crippen molar-refractivity contribution in [1.29, 1.82) is 0 Å². The second-order valence-corrected chi connectivity index (χ2v) is 6.28. The number of hydrogen-bond donors (Lipinski definition) is 1. The second kappa shape index (κ2) is 6.07. The Morgan fingerprint density at radius 3 is 2.90 bits per heavy atom. The summed E-state index contributed by atoms with van der Waals surface area (Å²) in [5.74, 6) is 1.26. The van der Waals surface area contributed by atoms with Crippen LogP contribution >= 0.6 is 27.7 Å². The minimum Gasteiger partial charge on any atom is -0.497 e. The van der Waals surface area contributed by atoms with E-state index in [0.717, 1.165) is 33.3 Å². The van der Waals surface area contributed by atoms with Crippen LogP contribution in [0.3, 0.4) is 0 Å². The average molecular weight is 367 g/mol. The highest BCUT2D eigenvalue weighted by Crippen LogP contribution is 2.26. The van der Waals surface area contributed by atoms with Gasteiger partial charge >= 0.3 is 0 Å². The molecule has 0 amide bonds. The Balaban J connectivity index is 1.76. The number of hydrogen-bond acceptors (Lipinski definition) is 3. The first-order chi connectivity index (χ1) is 10.2. The Kier molecular flexibility index (Phi) is 4.17. The molecule has 0 aliphatic carbocycles. The number of rotatable bonds is 4. The first kappa shape index (κ1) is 14.4. The summed E-state index contributed by atoms with van der Waals surface area (Å²) in [5, 5.41) is 0.832. The van der Waals surface area contributed by atoms with Gasteiger partial charge in [-0.2, -0.15) is 0 Å². The van der Waals surface area contributed by atoms with Crippen molar-refractivity contribution >= 4 is 38.7 Å². The van der Waals surface area contributed by atoms with Crippen LogP contribution in [0.4, 0.5) is 4.39 Å². The molecule has 0 spiro atoms. The van der Waals surface area contributed by atoms with Gasteiger partial charge in [-0.25, -0.2) is 9.37 Å². The maximum atomic E-state index is 13.2. The maximum absolute atomic E-state index is 13.2. The highest BCUT2D eigenvalue weighted by Gasteiger charge is 2.06. The number of nitrogens with zero attached hydrogens (tertiary/aromatic N) is 1. The maximum Gasteiger partial charge on any atom is 0.166 e. The molecule has 6 heteroatoms. The Hall–Kier alpha value is -1.53. The molecule has 1 aromatic heterocycles. The molecule has 0 atom stereocenters. The SMILES string of the molecule is COc1ccc2nc(SCc3ccc(F)c(Br)c3)[nH]c2c1. The number of fused-ring (bicyclic) bond motifs is 1. The molecule has 0 bridgehead atoms. The van der Waals surface area contributed by atoms with Crippen LogP contribution in [0.15, 0.2) is 46.0 Å². The Bertz CT molecular complexity index is 790. The van der Waals surface area contributed by atoms with E-state index in [2.05, 4.69) is 25.9 Å². The number of aromatic nitrogens is 2. The number of methoxy groups -OCH3 is 1. The molecule has 3 rings (SSSR count). The van der Waals surface area contributed by atoms with Gasteiger partial charge in [0.25, 0.3) is 0 Å². The fraction of sp³-hybridized carbons (Fsp3) is 0.133. The summed E-state index contributed by atoms with van der Waals surface area (Å²) in [5.41, 5.74) is 2.88. The van der Waals surface area contributed by atoms with Gasteiger partial charge in [0.1, 0.15) is 11.6 Å². The average Bonchev–Trinajstić information content (AvgIpc) is 2.90. The normalized spacial score (nSPS) is 11.0. The number of imidazole rings is 1. The van der Waals surface area contributed by atoms with Gasteiger partial charge in [-0.1, -0.05) is 17.8 Å². The van der Waals surface area contributed by atoms with E-state index < -0.39 is 0 Å². The summed E-state index contributed by atoms with van der Waals surface area (Å²) < 4.78 is 18.9. The van der Waals surface area contributed by atoms with E-state index in [9.17, 15) is 4.39 Å². The van der Waals surface area contributed by atoms with Gasteiger partial charge in [0, 0.05) is 11.8 Å². The molecule has 0 unspecified atom stereocenters. The van der Waals surface area contributed by atoms with Gasteiger partial charge < -0.3 is 9.72 Å². The van der Waals surface area contributed by atoms with Crippen LogP contribution in [0.1, 0.15) is 5.56 Å². The monoisotopic (exact) mass is 366 g/mol. The third-order valence-corrected chi connectivity index (χ3v) is 4.58. The Morgan fingerprint density at radius 2 is 2.14 bits per heavy atom. The van der Waals surface area contributed by atoms with Crippen LogP contribution in [0.25, 0.3) is 11.0 Å². The molecular formula is C15H12BrFN2OS. The van der Waals surface area contributed by atoms with Crippen LogP contribution in [0.5, 0.6) is 5.75 Å². The highest BCUT2D eigenvalue weighted by atomic mass is 79.9. The standard InChI is InChI=1S/C15H12BrFN2OS/c1-20-10-3-5-13-14(7-10)19-15(18-13)21-8-9-2-4-12(17)11(16)6-9/h2-7H,8H2,1H3,(H,18,19). The van der Waals surface area contributed by atoms with Crippen molar-refractivity contribution in [1.82, 2.24) is 9.97 Å². The van der Waals surface area contributed by atoms with E-state index in [1.165, 1.54) is 6.07 Å². The lowest BCUT2D eigenvalue weighted by Gasteiger charge is -2.01. The number of aromatic amines is 1. The van der Waals surface area contributed by atoms with Crippen LogP contribution in [0.2, 0.25) is 0 Å². The van der Waals surface area contributed by atoms with E-state index in [4.69, 9.17) is 4.74 Å². The van der Waals surface area contributed by atoms with Crippen LogP contribution in [0, 0.1) is 5.82 Å². The smallest absolute Gasteiger partial charge is 0.166 e. The predicted octanol–water partition coefficient (Wildman–Crippen LogP) is 4.77. The predicted molar refractivity (Wildman–Crippen MR) is 86.3 cm³/mol. The zero-order chi connectivity index (χ0) is 14.8. The summed E-state index contributed by atoms with van der Waals surface area (Å²) >= 11 is 4.77. The number of halogens is 2. The zero-order valence-electron chi connectivity index (χ0n) is 11.2. The van der Waals surface area contributed by atoms with Gasteiger partial charge in [-0.15, -0.1) is 0 Å². The molecule has 0 saturated carbocycles. The van der Waals surface area contributed by atoms with Gasteiger partial charge in [0.15, 0.2) is 5.16 Å². The van der Waals surface area contributed by atoms with Crippen molar-refractivity contribution < 1.29 is 9.13 Å². The number of nitrogens with one attached hydrogen (secondary N) is 1. The fourth-order valence-electron chi connectivity index (χ4n) is 1.94. The number of ether oxygens (including phenoxy) is 1. The van der Waals surface area contributed by atoms with E-state index in [1.54, 1.807) is 31.0 Å². The lowest BCUT2D eigenvalue weighted by Crippen LogP contribution is -1.84. The van der Waals surface area contributed by atoms with E-state index in [1.807, 2.05) is 18.2 Å². The van der Waals surface area contributed by atoms with Crippen LogP contribution in [-0.2, 0) is 5.75 Å². The van der Waals surface area contributed by atoms with Crippen molar-refractivity contribution in [3.8, 4) is 5.75 Å². The lowest BCUT2D eigenvalue weighted by molar-refractivity contribution is 0.415. The molecular weight excluding hydrogens is 355 g/mol.